The van der Waals surface area contributed by atoms with Gasteiger partial charge in [0.1, 0.15) is 0 Å². The minimum absolute atomic E-state index is 0.196. The van der Waals surface area contributed by atoms with E-state index in [2.05, 4.69) is 22.3 Å². The van der Waals surface area contributed by atoms with Gasteiger partial charge in [-0.25, -0.2) is 8.42 Å². The molecule has 3 rings (SSSR count). The number of nitrogens with zero attached hydrogens (tertiary/aromatic N) is 1. The Morgan fingerprint density at radius 1 is 1.29 bits per heavy atom. The Labute approximate surface area is 131 Å². The van der Waals surface area contributed by atoms with Crippen molar-refractivity contribution in [2.24, 2.45) is 0 Å². The van der Waals surface area contributed by atoms with Gasteiger partial charge in [-0.15, -0.1) is 0 Å². The number of fused-ring (bicyclic) bond motifs is 1. The van der Waals surface area contributed by atoms with Crippen molar-refractivity contribution in [2.45, 2.75) is 30.2 Å². The van der Waals surface area contributed by atoms with Crippen molar-refractivity contribution in [3.05, 3.63) is 34.9 Å². The average molecular weight is 329 g/mol. The molecule has 3 atom stereocenters. The van der Waals surface area contributed by atoms with Crippen LogP contribution in [0.3, 0.4) is 0 Å². The lowest BCUT2D eigenvalue weighted by Gasteiger charge is -2.36. The molecule has 2 aliphatic rings. The molecular formula is C15H21ClN2O2S. The standard InChI is InChI=1S/C15H21ClN2O2S/c1-21(19,20)15-7-14-8-17-13(9-18(14)10-15)6-11-2-4-12(16)5-3-11/h2-5,13-15,17H,6-10H2,1H3/t13-,14-,15-/m0/s1. The Balaban J connectivity index is 1.61. The molecule has 2 aliphatic heterocycles. The second kappa shape index (κ2) is 5.88. The van der Waals surface area contributed by atoms with Gasteiger partial charge in [-0.1, -0.05) is 23.7 Å². The zero-order chi connectivity index (χ0) is 15.0. The molecule has 0 saturated carbocycles. The molecule has 116 valence electrons. The van der Waals surface area contributed by atoms with Gasteiger partial charge in [0.05, 0.1) is 5.25 Å². The molecule has 4 nitrogen and oxygen atoms in total. The maximum atomic E-state index is 11.7. The summed E-state index contributed by atoms with van der Waals surface area (Å²) < 4.78 is 23.4. The third-order valence-corrected chi connectivity index (χ3v) is 6.39. The first-order chi connectivity index (χ1) is 9.91. The van der Waals surface area contributed by atoms with E-state index in [1.54, 1.807) is 0 Å². The third-order valence-electron chi connectivity index (χ3n) is 4.59. The number of piperazine rings is 1. The molecule has 0 radical (unpaired) electrons. The normalized spacial score (nSPS) is 30.3. The lowest BCUT2D eigenvalue weighted by molar-refractivity contribution is 0.173. The first kappa shape index (κ1) is 15.3. The largest absolute Gasteiger partial charge is 0.311 e. The quantitative estimate of drug-likeness (QED) is 0.910. The van der Waals surface area contributed by atoms with Crippen LogP contribution < -0.4 is 5.32 Å². The van der Waals surface area contributed by atoms with Crippen LogP contribution in [0.4, 0.5) is 0 Å². The van der Waals surface area contributed by atoms with Crippen LogP contribution in [-0.4, -0.2) is 56.5 Å². The van der Waals surface area contributed by atoms with E-state index in [0.29, 0.717) is 18.6 Å². The zero-order valence-electron chi connectivity index (χ0n) is 12.1. The van der Waals surface area contributed by atoms with Crippen LogP contribution in [-0.2, 0) is 16.3 Å². The lowest BCUT2D eigenvalue weighted by atomic mass is 10.0. The maximum Gasteiger partial charge on any atom is 0.151 e. The summed E-state index contributed by atoms with van der Waals surface area (Å²) in [5.41, 5.74) is 1.26. The van der Waals surface area contributed by atoms with Gasteiger partial charge >= 0.3 is 0 Å². The van der Waals surface area contributed by atoms with Gasteiger partial charge in [0.15, 0.2) is 9.84 Å². The molecule has 0 aliphatic carbocycles. The van der Waals surface area contributed by atoms with E-state index in [4.69, 9.17) is 11.6 Å². The van der Waals surface area contributed by atoms with Gasteiger partial charge < -0.3 is 5.32 Å². The molecule has 0 aromatic heterocycles. The summed E-state index contributed by atoms with van der Waals surface area (Å²) in [6.07, 6.45) is 3.07. The van der Waals surface area contributed by atoms with Gasteiger partial charge in [-0.2, -0.15) is 0 Å². The molecule has 2 heterocycles. The number of hydrogen-bond acceptors (Lipinski definition) is 4. The van der Waals surface area contributed by atoms with Crippen LogP contribution in [0.25, 0.3) is 0 Å². The van der Waals surface area contributed by atoms with E-state index in [1.807, 2.05) is 12.1 Å². The Morgan fingerprint density at radius 2 is 2.00 bits per heavy atom. The number of nitrogens with one attached hydrogen (secondary N) is 1. The van der Waals surface area contributed by atoms with Crippen molar-refractivity contribution in [2.75, 3.05) is 25.9 Å². The number of benzene rings is 1. The maximum absolute atomic E-state index is 11.7. The van der Waals surface area contributed by atoms with Crippen molar-refractivity contribution in [3.63, 3.8) is 0 Å². The summed E-state index contributed by atoms with van der Waals surface area (Å²) in [5.74, 6) is 0. The number of rotatable bonds is 3. The van der Waals surface area contributed by atoms with Crippen molar-refractivity contribution in [1.29, 1.82) is 0 Å². The van der Waals surface area contributed by atoms with Gasteiger partial charge in [0.2, 0.25) is 0 Å². The smallest absolute Gasteiger partial charge is 0.151 e. The van der Waals surface area contributed by atoms with E-state index in [0.717, 1.165) is 31.0 Å². The summed E-state index contributed by atoms with van der Waals surface area (Å²) in [6, 6.07) is 8.68. The minimum atomic E-state index is -2.93. The van der Waals surface area contributed by atoms with Crippen molar-refractivity contribution >= 4 is 21.4 Å². The SMILES string of the molecule is CS(=O)(=O)[C@H]1C[C@H]2CN[C@@H](Cc3ccc(Cl)cc3)CN2C1. The van der Waals surface area contributed by atoms with Gasteiger partial charge in [0, 0.05) is 43.0 Å². The molecule has 1 aromatic rings. The molecule has 0 unspecified atom stereocenters. The second-order valence-corrected chi connectivity index (χ2v) is 8.99. The van der Waals surface area contributed by atoms with Gasteiger partial charge in [-0.3, -0.25) is 4.90 Å². The predicted octanol–water partition coefficient (Wildman–Crippen LogP) is 1.34. The first-order valence-corrected chi connectivity index (χ1v) is 9.66. The summed E-state index contributed by atoms with van der Waals surface area (Å²) >= 11 is 5.91. The Kier molecular flexibility index (Phi) is 4.28. The predicted molar refractivity (Wildman–Crippen MR) is 85.6 cm³/mol. The highest BCUT2D eigenvalue weighted by molar-refractivity contribution is 7.91. The lowest BCUT2D eigenvalue weighted by Crippen LogP contribution is -2.54. The molecule has 2 saturated heterocycles. The van der Waals surface area contributed by atoms with Crippen molar-refractivity contribution in [3.8, 4) is 0 Å². The summed E-state index contributed by atoms with van der Waals surface area (Å²) in [4.78, 5) is 2.34. The number of halogens is 1. The van der Waals surface area contributed by atoms with Crippen LogP contribution in [0.2, 0.25) is 5.02 Å². The van der Waals surface area contributed by atoms with Crippen LogP contribution in [0, 0.1) is 0 Å². The van der Waals surface area contributed by atoms with E-state index in [-0.39, 0.29) is 5.25 Å². The van der Waals surface area contributed by atoms with Crippen LogP contribution in [0.1, 0.15) is 12.0 Å². The Morgan fingerprint density at radius 3 is 2.67 bits per heavy atom. The number of sulfone groups is 1. The van der Waals surface area contributed by atoms with Crippen LogP contribution in [0.5, 0.6) is 0 Å². The Hall–Kier alpha value is -0.620. The molecule has 1 N–H and O–H groups in total. The molecule has 0 amide bonds. The molecule has 21 heavy (non-hydrogen) atoms. The first-order valence-electron chi connectivity index (χ1n) is 7.32. The topological polar surface area (TPSA) is 49.4 Å². The van der Waals surface area contributed by atoms with E-state index >= 15 is 0 Å². The second-order valence-electron chi connectivity index (χ2n) is 6.23. The molecular weight excluding hydrogens is 308 g/mol. The third kappa shape index (κ3) is 3.59. The summed E-state index contributed by atoms with van der Waals surface area (Å²) in [6.45, 7) is 2.48. The molecule has 0 spiro atoms. The van der Waals surface area contributed by atoms with E-state index < -0.39 is 9.84 Å². The fourth-order valence-electron chi connectivity index (χ4n) is 3.38. The fraction of sp³-hybridized carbons (Fsp3) is 0.600. The highest BCUT2D eigenvalue weighted by Crippen LogP contribution is 2.25. The van der Waals surface area contributed by atoms with Crippen molar-refractivity contribution in [1.82, 2.24) is 10.2 Å². The van der Waals surface area contributed by atoms with Gasteiger partial charge in [-0.05, 0) is 30.5 Å². The molecule has 6 heteroatoms. The van der Waals surface area contributed by atoms with Gasteiger partial charge in [0.25, 0.3) is 0 Å². The minimum Gasteiger partial charge on any atom is -0.311 e. The highest BCUT2D eigenvalue weighted by Gasteiger charge is 2.40. The van der Waals surface area contributed by atoms with Crippen molar-refractivity contribution < 1.29 is 8.42 Å². The fourth-order valence-corrected chi connectivity index (χ4v) is 4.54. The number of hydrogen-bond donors (Lipinski definition) is 1. The summed E-state index contributed by atoms with van der Waals surface area (Å²) in [7, 11) is -2.93. The molecule has 2 fully saturated rings. The average Bonchev–Trinajstić information content (AvgIpc) is 2.84. The molecule has 1 aromatic carbocycles. The molecule has 0 bridgehead atoms. The summed E-state index contributed by atoms with van der Waals surface area (Å²) in [5, 5.41) is 4.12. The monoisotopic (exact) mass is 328 g/mol. The highest BCUT2D eigenvalue weighted by atomic mass is 35.5. The van der Waals surface area contributed by atoms with Crippen LogP contribution in [0.15, 0.2) is 24.3 Å². The van der Waals surface area contributed by atoms with Crippen LogP contribution >= 0.6 is 11.6 Å². The van der Waals surface area contributed by atoms with E-state index in [1.165, 1.54) is 11.8 Å². The van der Waals surface area contributed by atoms with E-state index in [9.17, 15) is 8.42 Å². The zero-order valence-corrected chi connectivity index (χ0v) is 13.7. The Bertz CT molecular complexity index is 603.